The molecule has 0 aromatic carbocycles. The van der Waals surface area contributed by atoms with Gasteiger partial charge in [-0.05, 0) is 24.8 Å². The Morgan fingerprint density at radius 2 is 2.00 bits per heavy atom. The van der Waals surface area contributed by atoms with Crippen molar-refractivity contribution in [2.24, 2.45) is 5.41 Å². The lowest BCUT2D eigenvalue weighted by Crippen LogP contribution is -2.51. The first kappa shape index (κ1) is 20.1. The van der Waals surface area contributed by atoms with Crippen LogP contribution < -0.4 is 0 Å². The van der Waals surface area contributed by atoms with Crippen LogP contribution in [-0.2, 0) is 19.0 Å². The fraction of sp³-hybridized carbons (Fsp3) is 0.842. The number of carbonyl (C=O) groups is 1. The van der Waals surface area contributed by atoms with Gasteiger partial charge >= 0.3 is 5.97 Å². The standard InChI is InChI=1S/C19H30O6S/c1-17(2,3)18(4,26)15(21)8-12-7-11(20)9-19(24-12)10-14-13(25-19)5-6-16(22)23-14/h5-6,11-15,20-21,26H,7-10H2,1-4H3. The van der Waals surface area contributed by atoms with Crippen molar-refractivity contribution in [1.82, 2.24) is 0 Å². The van der Waals surface area contributed by atoms with Crippen molar-refractivity contribution in [3.63, 3.8) is 0 Å². The fourth-order valence-corrected chi connectivity index (χ4v) is 4.01. The quantitative estimate of drug-likeness (QED) is 0.508. The van der Waals surface area contributed by atoms with Crippen molar-refractivity contribution in [2.75, 3.05) is 0 Å². The summed E-state index contributed by atoms with van der Waals surface area (Å²) in [5.41, 5.74) is -0.210. The van der Waals surface area contributed by atoms with E-state index in [1.54, 1.807) is 6.08 Å². The highest BCUT2D eigenvalue weighted by atomic mass is 32.1. The van der Waals surface area contributed by atoms with Gasteiger partial charge in [0.05, 0.1) is 18.3 Å². The first-order valence-electron chi connectivity index (χ1n) is 9.25. The third-order valence-corrected chi connectivity index (χ3v) is 7.00. The number of fused-ring (bicyclic) bond motifs is 1. The lowest BCUT2D eigenvalue weighted by atomic mass is 9.75. The number of rotatable bonds is 3. The Labute approximate surface area is 160 Å². The van der Waals surface area contributed by atoms with Gasteiger partial charge in [0.1, 0.15) is 12.2 Å². The number of carbonyl (C=O) groups excluding carboxylic acids is 1. The Morgan fingerprint density at radius 3 is 2.65 bits per heavy atom. The Bertz CT molecular complexity index is 583. The average Bonchev–Trinajstić information content (AvgIpc) is 2.80. The Hall–Kier alpha value is -0.600. The molecule has 3 heterocycles. The average molecular weight is 387 g/mol. The number of aliphatic hydroxyl groups is 2. The molecule has 2 fully saturated rings. The molecule has 2 saturated heterocycles. The minimum atomic E-state index is -0.985. The summed E-state index contributed by atoms with van der Waals surface area (Å²) in [6.07, 6.45) is 2.13. The molecule has 7 unspecified atom stereocenters. The maximum Gasteiger partial charge on any atom is 0.330 e. The summed E-state index contributed by atoms with van der Waals surface area (Å²) in [6.45, 7) is 8.02. The van der Waals surface area contributed by atoms with Crippen LogP contribution in [0.2, 0.25) is 0 Å². The molecule has 2 N–H and O–H groups in total. The molecular formula is C19H30O6S. The van der Waals surface area contributed by atoms with E-state index in [-0.39, 0.29) is 23.6 Å². The number of ether oxygens (including phenoxy) is 3. The largest absolute Gasteiger partial charge is 0.456 e. The van der Waals surface area contributed by atoms with Gasteiger partial charge in [0.15, 0.2) is 5.79 Å². The number of hydrogen-bond donors (Lipinski definition) is 3. The molecule has 1 spiro atoms. The van der Waals surface area contributed by atoms with Crippen LogP contribution in [0.4, 0.5) is 0 Å². The summed E-state index contributed by atoms with van der Waals surface area (Å²) in [6, 6.07) is 0. The first-order chi connectivity index (χ1) is 11.9. The van der Waals surface area contributed by atoms with E-state index in [0.29, 0.717) is 25.7 Å². The van der Waals surface area contributed by atoms with Crippen molar-refractivity contribution < 1.29 is 29.2 Å². The summed E-state index contributed by atoms with van der Waals surface area (Å²) in [7, 11) is 0. The van der Waals surface area contributed by atoms with E-state index in [4.69, 9.17) is 26.8 Å². The van der Waals surface area contributed by atoms with Gasteiger partial charge in [-0.15, -0.1) is 0 Å². The Morgan fingerprint density at radius 1 is 1.31 bits per heavy atom. The van der Waals surface area contributed by atoms with E-state index in [1.807, 2.05) is 27.7 Å². The van der Waals surface area contributed by atoms with E-state index < -0.39 is 28.8 Å². The van der Waals surface area contributed by atoms with Crippen LogP contribution in [0.1, 0.15) is 53.4 Å². The molecule has 0 aromatic rings. The molecule has 148 valence electrons. The van der Waals surface area contributed by atoms with Gasteiger partial charge in [-0.3, -0.25) is 0 Å². The highest BCUT2D eigenvalue weighted by molar-refractivity contribution is 7.81. The lowest BCUT2D eigenvalue weighted by molar-refractivity contribution is -0.285. The second-order valence-electron chi connectivity index (χ2n) is 9.01. The molecule has 0 aliphatic carbocycles. The topological polar surface area (TPSA) is 85.2 Å². The van der Waals surface area contributed by atoms with Crippen molar-refractivity contribution in [3.8, 4) is 0 Å². The first-order valence-corrected chi connectivity index (χ1v) is 9.69. The van der Waals surface area contributed by atoms with E-state index in [9.17, 15) is 15.0 Å². The zero-order chi connectivity index (χ0) is 19.3. The molecule has 26 heavy (non-hydrogen) atoms. The number of thiol groups is 1. The monoisotopic (exact) mass is 386 g/mol. The second-order valence-corrected chi connectivity index (χ2v) is 9.94. The van der Waals surface area contributed by atoms with Gasteiger partial charge in [-0.1, -0.05) is 20.8 Å². The number of esters is 1. The fourth-order valence-electron chi connectivity index (χ4n) is 3.90. The SMILES string of the molecule is CC(C)(C)C(C)(S)C(O)CC1CC(O)CC2(CC3OC(=O)C=CC3O2)O1. The third-order valence-electron chi connectivity index (χ3n) is 6.04. The molecule has 0 saturated carbocycles. The van der Waals surface area contributed by atoms with E-state index >= 15 is 0 Å². The van der Waals surface area contributed by atoms with Gasteiger partial charge in [0, 0.05) is 30.1 Å². The highest BCUT2D eigenvalue weighted by Crippen LogP contribution is 2.45. The molecule has 3 aliphatic rings. The molecule has 3 rings (SSSR count). The maximum absolute atomic E-state index is 11.5. The molecule has 0 bridgehead atoms. The number of aliphatic hydroxyl groups excluding tert-OH is 2. The summed E-state index contributed by atoms with van der Waals surface area (Å²) in [5.74, 6) is -1.37. The smallest absolute Gasteiger partial charge is 0.330 e. The molecule has 0 aromatic heterocycles. The minimum absolute atomic E-state index is 0.210. The molecule has 0 amide bonds. The molecule has 7 heteroatoms. The third kappa shape index (κ3) is 3.83. The van der Waals surface area contributed by atoms with Crippen LogP contribution in [0.3, 0.4) is 0 Å². The van der Waals surface area contributed by atoms with Crippen molar-refractivity contribution >= 4 is 18.6 Å². The van der Waals surface area contributed by atoms with Crippen LogP contribution >= 0.6 is 12.6 Å². The van der Waals surface area contributed by atoms with Crippen molar-refractivity contribution in [3.05, 3.63) is 12.2 Å². The molecule has 3 aliphatic heterocycles. The normalized spacial score (nSPS) is 40.8. The van der Waals surface area contributed by atoms with Crippen LogP contribution in [0.25, 0.3) is 0 Å². The predicted octanol–water partition coefficient (Wildman–Crippen LogP) is 1.98. The maximum atomic E-state index is 11.5. The van der Waals surface area contributed by atoms with Crippen LogP contribution in [0.5, 0.6) is 0 Å². The van der Waals surface area contributed by atoms with Gasteiger partial charge in [0.2, 0.25) is 0 Å². The lowest BCUT2D eigenvalue weighted by Gasteiger charge is -2.45. The van der Waals surface area contributed by atoms with Crippen LogP contribution in [-0.4, -0.2) is 57.2 Å². The molecule has 7 atom stereocenters. The summed E-state index contributed by atoms with van der Waals surface area (Å²) in [4.78, 5) is 11.5. The zero-order valence-corrected chi connectivity index (χ0v) is 16.7. The number of hydrogen-bond acceptors (Lipinski definition) is 7. The van der Waals surface area contributed by atoms with Gasteiger partial charge in [-0.25, -0.2) is 4.79 Å². The molecule has 6 nitrogen and oxygen atoms in total. The predicted molar refractivity (Wildman–Crippen MR) is 98.8 cm³/mol. The molecule has 0 radical (unpaired) electrons. The van der Waals surface area contributed by atoms with Crippen LogP contribution in [0, 0.1) is 5.41 Å². The van der Waals surface area contributed by atoms with E-state index in [2.05, 4.69) is 0 Å². The van der Waals surface area contributed by atoms with Gasteiger partial charge in [-0.2, -0.15) is 12.6 Å². The summed E-state index contributed by atoms with van der Waals surface area (Å²) < 4.78 is 16.9. The van der Waals surface area contributed by atoms with Gasteiger partial charge in [0.25, 0.3) is 0 Å². The Kier molecular flexibility index (Phi) is 5.25. The summed E-state index contributed by atoms with van der Waals surface area (Å²) in [5, 5.41) is 21.1. The second kappa shape index (κ2) is 6.78. The van der Waals surface area contributed by atoms with Crippen molar-refractivity contribution in [2.45, 2.75) is 94.4 Å². The molecular weight excluding hydrogens is 356 g/mol. The van der Waals surface area contributed by atoms with E-state index in [0.717, 1.165) is 0 Å². The zero-order valence-electron chi connectivity index (χ0n) is 15.8. The van der Waals surface area contributed by atoms with Crippen LogP contribution in [0.15, 0.2) is 12.2 Å². The highest BCUT2D eigenvalue weighted by Gasteiger charge is 2.54. The Balaban J connectivity index is 1.70. The minimum Gasteiger partial charge on any atom is -0.456 e. The summed E-state index contributed by atoms with van der Waals surface area (Å²) >= 11 is 4.70. The van der Waals surface area contributed by atoms with Gasteiger partial charge < -0.3 is 24.4 Å². The van der Waals surface area contributed by atoms with Crippen molar-refractivity contribution in [1.29, 1.82) is 0 Å². The van der Waals surface area contributed by atoms with E-state index in [1.165, 1.54) is 6.08 Å².